The predicted octanol–water partition coefficient (Wildman–Crippen LogP) is 1.29. The molecule has 0 saturated carbocycles. The van der Waals surface area contributed by atoms with Gasteiger partial charge >= 0.3 is 5.97 Å². The van der Waals surface area contributed by atoms with Crippen molar-refractivity contribution < 1.29 is 24.2 Å². The molecule has 1 aromatic carbocycles. The van der Waals surface area contributed by atoms with Crippen LogP contribution in [0.5, 0.6) is 0 Å². The lowest BCUT2D eigenvalue weighted by atomic mass is 9.92. The van der Waals surface area contributed by atoms with Gasteiger partial charge in [-0.25, -0.2) is 4.79 Å². The van der Waals surface area contributed by atoms with Gasteiger partial charge in [-0.15, -0.1) is 0 Å². The molecule has 0 spiro atoms. The number of ketones is 2. The summed E-state index contributed by atoms with van der Waals surface area (Å²) in [4.78, 5) is 34.2. The highest BCUT2D eigenvalue weighted by Crippen LogP contribution is 2.22. The maximum Gasteiger partial charge on any atom is 0.335 e. The number of carbonyl (C=O) groups is 3. The SMILES string of the molecule is COC1=CC(=O)c2cc(C(=O)O)ccc2C1=O. The molecule has 86 valence electrons. The molecule has 0 heterocycles. The topological polar surface area (TPSA) is 80.7 Å². The molecule has 0 bridgehead atoms. The normalized spacial score (nSPS) is 14.1. The largest absolute Gasteiger partial charge is 0.492 e. The van der Waals surface area contributed by atoms with Crippen LogP contribution in [-0.2, 0) is 4.74 Å². The van der Waals surface area contributed by atoms with Gasteiger partial charge in [0.25, 0.3) is 0 Å². The number of methoxy groups -OCH3 is 1. The first-order valence-electron chi connectivity index (χ1n) is 4.76. The summed E-state index contributed by atoms with van der Waals surface area (Å²) in [6, 6.07) is 3.80. The Morgan fingerprint density at radius 2 is 1.94 bits per heavy atom. The third-order valence-electron chi connectivity index (χ3n) is 2.48. The molecule has 5 nitrogen and oxygen atoms in total. The molecule has 0 aliphatic heterocycles. The third kappa shape index (κ3) is 1.71. The quantitative estimate of drug-likeness (QED) is 0.831. The highest BCUT2D eigenvalue weighted by atomic mass is 16.5. The number of carboxylic acid groups (broad SMARTS) is 1. The van der Waals surface area contributed by atoms with Gasteiger partial charge < -0.3 is 9.84 Å². The van der Waals surface area contributed by atoms with E-state index in [-0.39, 0.29) is 22.4 Å². The van der Waals surface area contributed by atoms with Crippen LogP contribution in [0.4, 0.5) is 0 Å². The van der Waals surface area contributed by atoms with Crippen LogP contribution in [0.1, 0.15) is 31.1 Å². The summed E-state index contributed by atoms with van der Waals surface area (Å²) in [6.07, 6.45) is 1.07. The summed E-state index contributed by atoms with van der Waals surface area (Å²) in [5.74, 6) is -2.03. The van der Waals surface area contributed by atoms with Gasteiger partial charge in [-0.2, -0.15) is 0 Å². The fraction of sp³-hybridized carbons (Fsp3) is 0.0833. The maximum absolute atomic E-state index is 11.8. The Labute approximate surface area is 96.3 Å². The Bertz CT molecular complexity index is 568. The van der Waals surface area contributed by atoms with E-state index in [1.807, 2.05) is 0 Å². The molecule has 0 radical (unpaired) electrons. The van der Waals surface area contributed by atoms with Crippen LogP contribution >= 0.6 is 0 Å². The van der Waals surface area contributed by atoms with Gasteiger partial charge in [0.15, 0.2) is 11.5 Å². The zero-order valence-electron chi connectivity index (χ0n) is 8.89. The monoisotopic (exact) mass is 232 g/mol. The Morgan fingerprint density at radius 1 is 1.24 bits per heavy atom. The van der Waals surface area contributed by atoms with Crippen molar-refractivity contribution in [1.82, 2.24) is 0 Å². The Hall–Kier alpha value is -2.43. The number of fused-ring (bicyclic) bond motifs is 1. The number of benzene rings is 1. The molecule has 0 aromatic heterocycles. The van der Waals surface area contributed by atoms with Crippen LogP contribution < -0.4 is 0 Å². The number of hydrogen-bond donors (Lipinski definition) is 1. The molecule has 0 saturated heterocycles. The number of aromatic carboxylic acids is 1. The Balaban J connectivity index is 2.59. The number of rotatable bonds is 2. The average molecular weight is 232 g/mol. The smallest absolute Gasteiger partial charge is 0.335 e. The molecule has 1 aliphatic carbocycles. The maximum atomic E-state index is 11.8. The summed E-state index contributed by atoms with van der Waals surface area (Å²) >= 11 is 0. The minimum Gasteiger partial charge on any atom is -0.492 e. The summed E-state index contributed by atoms with van der Waals surface area (Å²) in [7, 11) is 1.30. The number of hydrogen-bond acceptors (Lipinski definition) is 4. The second-order valence-corrected chi connectivity index (χ2v) is 3.47. The number of ether oxygens (including phenoxy) is 1. The van der Waals surface area contributed by atoms with Crippen molar-refractivity contribution in [3.05, 3.63) is 46.7 Å². The number of carboxylic acids is 1. The van der Waals surface area contributed by atoms with Crippen LogP contribution in [0, 0.1) is 0 Å². The predicted molar refractivity (Wildman–Crippen MR) is 57.2 cm³/mol. The second kappa shape index (κ2) is 3.86. The van der Waals surface area contributed by atoms with Crippen LogP contribution in [-0.4, -0.2) is 29.8 Å². The summed E-state index contributed by atoms with van der Waals surface area (Å²) < 4.78 is 4.78. The highest BCUT2D eigenvalue weighted by Gasteiger charge is 2.27. The molecule has 1 N–H and O–H groups in total. The number of allylic oxidation sites excluding steroid dienone is 2. The van der Waals surface area contributed by atoms with Crippen molar-refractivity contribution >= 4 is 17.5 Å². The van der Waals surface area contributed by atoms with Crippen LogP contribution in [0.2, 0.25) is 0 Å². The van der Waals surface area contributed by atoms with Gasteiger partial charge in [-0.1, -0.05) is 0 Å². The minimum atomic E-state index is -1.14. The van der Waals surface area contributed by atoms with E-state index < -0.39 is 17.5 Å². The summed E-state index contributed by atoms with van der Waals surface area (Å²) in [5.41, 5.74) is 0.231. The van der Waals surface area contributed by atoms with E-state index in [1.54, 1.807) is 0 Å². The molecule has 0 unspecified atom stereocenters. The first kappa shape index (κ1) is 11.1. The van der Waals surface area contributed by atoms with Crippen molar-refractivity contribution in [1.29, 1.82) is 0 Å². The Kier molecular flexibility index (Phi) is 2.51. The molecule has 2 rings (SSSR count). The van der Waals surface area contributed by atoms with E-state index >= 15 is 0 Å². The molecule has 0 fully saturated rings. The first-order valence-corrected chi connectivity index (χ1v) is 4.76. The molecular formula is C12H8O5. The van der Waals surface area contributed by atoms with E-state index in [1.165, 1.54) is 25.3 Å². The van der Waals surface area contributed by atoms with Crippen LogP contribution in [0.15, 0.2) is 30.0 Å². The van der Waals surface area contributed by atoms with Crippen molar-refractivity contribution in [3.63, 3.8) is 0 Å². The van der Waals surface area contributed by atoms with Gasteiger partial charge in [0.1, 0.15) is 0 Å². The summed E-state index contributed by atoms with van der Waals surface area (Å²) in [6.45, 7) is 0. The van der Waals surface area contributed by atoms with Crippen LogP contribution in [0.3, 0.4) is 0 Å². The molecule has 0 amide bonds. The molecule has 1 aliphatic rings. The van der Waals surface area contributed by atoms with Crippen molar-refractivity contribution in [2.24, 2.45) is 0 Å². The van der Waals surface area contributed by atoms with Crippen LogP contribution in [0.25, 0.3) is 0 Å². The second-order valence-electron chi connectivity index (χ2n) is 3.47. The number of carbonyl (C=O) groups excluding carboxylic acids is 2. The fourth-order valence-corrected chi connectivity index (χ4v) is 1.63. The van der Waals surface area contributed by atoms with Gasteiger partial charge in [-0.3, -0.25) is 9.59 Å². The fourth-order valence-electron chi connectivity index (χ4n) is 1.63. The molecule has 17 heavy (non-hydrogen) atoms. The van der Waals surface area contributed by atoms with Crippen molar-refractivity contribution in [2.45, 2.75) is 0 Å². The Morgan fingerprint density at radius 3 is 2.53 bits per heavy atom. The zero-order valence-corrected chi connectivity index (χ0v) is 8.89. The van der Waals surface area contributed by atoms with Gasteiger partial charge in [0, 0.05) is 17.2 Å². The lowest BCUT2D eigenvalue weighted by Gasteiger charge is -2.14. The van der Waals surface area contributed by atoms with Crippen molar-refractivity contribution in [2.75, 3.05) is 7.11 Å². The summed E-state index contributed by atoms with van der Waals surface area (Å²) in [5, 5.41) is 8.80. The molecule has 0 atom stereocenters. The lowest BCUT2D eigenvalue weighted by Crippen LogP contribution is -2.18. The standard InChI is InChI=1S/C12H8O5/c1-17-10-5-9(13)8-4-6(12(15)16)2-3-7(8)11(10)14/h2-5H,1H3,(H,15,16). The number of Topliss-reactive ketones (excluding diaryl/α,β-unsaturated/α-hetero) is 1. The van der Waals surface area contributed by atoms with E-state index in [0.717, 1.165) is 6.08 Å². The first-order chi connectivity index (χ1) is 8.04. The van der Waals surface area contributed by atoms with Gasteiger partial charge in [0.2, 0.25) is 5.78 Å². The zero-order chi connectivity index (χ0) is 12.6. The van der Waals surface area contributed by atoms with E-state index in [9.17, 15) is 14.4 Å². The molecular weight excluding hydrogens is 224 g/mol. The minimum absolute atomic E-state index is 0.0285. The van der Waals surface area contributed by atoms with Crippen molar-refractivity contribution in [3.8, 4) is 0 Å². The van der Waals surface area contributed by atoms with E-state index in [2.05, 4.69) is 0 Å². The average Bonchev–Trinajstić information content (AvgIpc) is 2.33. The lowest BCUT2D eigenvalue weighted by molar-refractivity contribution is 0.0696. The molecule has 5 heteroatoms. The molecule has 1 aromatic rings. The third-order valence-corrected chi connectivity index (χ3v) is 2.48. The van der Waals surface area contributed by atoms with E-state index in [0.29, 0.717) is 0 Å². The van der Waals surface area contributed by atoms with Gasteiger partial charge in [0.05, 0.1) is 12.7 Å². The van der Waals surface area contributed by atoms with E-state index in [4.69, 9.17) is 9.84 Å². The highest BCUT2D eigenvalue weighted by molar-refractivity contribution is 6.24. The van der Waals surface area contributed by atoms with Gasteiger partial charge in [-0.05, 0) is 18.2 Å².